The highest BCUT2D eigenvalue weighted by Crippen LogP contribution is 2.33. The van der Waals surface area contributed by atoms with E-state index in [2.05, 4.69) is 56.5 Å². The van der Waals surface area contributed by atoms with E-state index in [0.717, 1.165) is 56.7 Å². The Kier molecular flexibility index (Phi) is 8.64. The summed E-state index contributed by atoms with van der Waals surface area (Å²) < 4.78 is 34.6. The van der Waals surface area contributed by atoms with Crippen molar-refractivity contribution < 1.29 is 18.0 Å². The maximum absolute atomic E-state index is 13.8. The summed E-state index contributed by atoms with van der Waals surface area (Å²) in [6, 6.07) is 38.0. The Balaban J connectivity index is 1.04. The van der Waals surface area contributed by atoms with Gasteiger partial charge in [0.1, 0.15) is 4.90 Å². The number of fused-ring (bicyclic) bond motifs is 6. The Labute approximate surface area is 310 Å². The summed E-state index contributed by atoms with van der Waals surface area (Å²) in [4.78, 5) is 26.8. The Hall–Kier alpha value is -6.10. The molecular formula is C42H34ClN5O4S. The summed E-state index contributed by atoms with van der Waals surface area (Å²) in [6.07, 6.45) is 0. The van der Waals surface area contributed by atoms with Crippen molar-refractivity contribution in [3.05, 3.63) is 144 Å². The zero-order chi connectivity index (χ0) is 36.9. The maximum atomic E-state index is 13.8. The van der Waals surface area contributed by atoms with Gasteiger partial charge in [-0.2, -0.15) is 0 Å². The van der Waals surface area contributed by atoms with E-state index < -0.39 is 21.8 Å². The van der Waals surface area contributed by atoms with Crippen LogP contribution in [-0.2, 0) is 23.1 Å². The smallest absolute Gasteiger partial charge is 0.263 e. The topological polar surface area (TPSA) is 114 Å². The van der Waals surface area contributed by atoms with E-state index in [4.69, 9.17) is 11.6 Å². The lowest BCUT2D eigenvalue weighted by molar-refractivity contribution is 0.101. The molecule has 8 rings (SSSR count). The first-order valence-electron chi connectivity index (χ1n) is 17.2. The predicted molar refractivity (Wildman–Crippen MR) is 215 cm³/mol. The van der Waals surface area contributed by atoms with Crippen LogP contribution in [0.1, 0.15) is 34.6 Å². The number of aryl methyl sites for hydroxylation is 2. The SMILES string of the molecule is CCn1c2ccccc2c2cc(NC(=O)c3ccc(Cl)c(S(=O)(=O)Nc4ccccc4C(=O)Nc4ccc5c(c4)c4ccccc4n5CC)c3)ccc21. The van der Waals surface area contributed by atoms with Gasteiger partial charge in [-0.3, -0.25) is 14.3 Å². The van der Waals surface area contributed by atoms with Gasteiger partial charge in [-0.15, -0.1) is 0 Å². The van der Waals surface area contributed by atoms with E-state index in [1.807, 2.05) is 66.7 Å². The zero-order valence-electron chi connectivity index (χ0n) is 28.9. The van der Waals surface area contributed by atoms with Gasteiger partial charge in [0.15, 0.2) is 0 Å². The number of nitrogens with zero attached hydrogens (tertiary/aromatic N) is 2. The normalized spacial score (nSPS) is 11.8. The van der Waals surface area contributed by atoms with E-state index in [1.165, 1.54) is 30.3 Å². The van der Waals surface area contributed by atoms with Crippen LogP contribution in [0.3, 0.4) is 0 Å². The van der Waals surface area contributed by atoms with Gasteiger partial charge < -0.3 is 19.8 Å². The molecule has 2 amide bonds. The number of halogens is 1. The summed E-state index contributed by atoms with van der Waals surface area (Å²) in [5.41, 5.74) is 5.69. The van der Waals surface area contributed by atoms with Crippen LogP contribution < -0.4 is 15.4 Å². The van der Waals surface area contributed by atoms with Gasteiger partial charge in [0.2, 0.25) is 0 Å². The average Bonchev–Trinajstić information content (AvgIpc) is 3.66. The second-order valence-electron chi connectivity index (χ2n) is 12.7. The Morgan fingerprint density at radius 2 is 1.09 bits per heavy atom. The Morgan fingerprint density at radius 1 is 0.585 bits per heavy atom. The number of nitrogens with one attached hydrogen (secondary N) is 3. The number of rotatable bonds is 9. The van der Waals surface area contributed by atoms with E-state index in [0.29, 0.717) is 11.4 Å². The molecule has 0 atom stereocenters. The predicted octanol–water partition coefficient (Wildman–Crippen LogP) is 9.90. The van der Waals surface area contributed by atoms with Crippen LogP contribution in [-0.4, -0.2) is 29.4 Å². The van der Waals surface area contributed by atoms with Crippen molar-refractivity contribution in [2.24, 2.45) is 0 Å². The molecule has 9 nitrogen and oxygen atoms in total. The van der Waals surface area contributed by atoms with Gasteiger partial charge in [-0.1, -0.05) is 60.1 Å². The first kappa shape index (κ1) is 34.0. The van der Waals surface area contributed by atoms with Crippen LogP contribution in [0.2, 0.25) is 5.02 Å². The standard InChI is InChI=1S/C42H34ClN5O4S/c1-3-47-36-15-9-6-11-29(36)32-24-27(18-21-38(32)47)44-41(49)26-17-20-34(43)40(23-26)53(51,52)46-35-14-8-5-13-31(35)42(50)45-28-19-22-39-33(25-28)30-12-7-10-16-37(30)48(39)4-2/h5-25,46H,3-4H2,1-2H3,(H,44,49)(H,45,50). The van der Waals surface area contributed by atoms with Crippen LogP contribution in [0.25, 0.3) is 43.6 Å². The third-order valence-corrected chi connectivity index (χ3v) is 11.4. The molecule has 2 aromatic heterocycles. The van der Waals surface area contributed by atoms with E-state index in [-0.39, 0.29) is 26.7 Å². The maximum Gasteiger partial charge on any atom is 0.263 e. The Morgan fingerprint density at radius 3 is 1.68 bits per heavy atom. The summed E-state index contributed by atoms with van der Waals surface area (Å²) in [6.45, 7) is 5.77. The summed E-state index contributed by atoms with van der Waals surface area (Å²) in [7, 11) is -4.36. The molecule has 0 fully saturated rings. The number of hydrogen-bond donors (Lipinski definition) is 3. The number of carbonyl (C=O) groups excluding carboxylic acids is 2. The highest BCUT2D eigenvalue weighted by Gasteiger charge is 2.24. The second-order valence-corrected chi connectivity index (χ2v) is 14.7. The average molecular weight is 740 g/mol. The zero-order valence-corrected chi connectivity index (χ0v) is 30.4. The lowest BCUT2D eigenvalue weighted by Gasteiger charge is -2.14. The van der Waals surface area contributed by atoms with Gasteiger partial charge in [0, 0.05) is 73.6 Å². The summed E-state index contributed by atoms with van der Waals surface area (Å²) in [5, 5.41) is 9.89. The lowest BCUT2D eigenvalue weighted by atomic mass is 10.1. The van der Waals surface area contributed by atoms with Gasteiger partial charge >= 0.3 is 0 Å². The molecule has 264 valence electrons. The minimum Gasteiger partial charge on any atom is -0.341 e. The van der Waals surface area contributed by atoms with Crippen molar-refractivity contribution in [1.82, 2.24) is 9.13 Å². The molecule has 0 unspecified atom stereocenters. The quantitative estimate of drug-likeness (QED) is 0.137. The molecule has 0 aliphatic carbocycles. The molecule has 0 bridgehead atoms. The van der Waals surface area contributed by atoms with Gasteiger partial charge in [-0.05, 0) is 92.7 Å². The van der Waals surface area contributed by atoms with Crippen LogP contribution in [0.15, 0.2) is 132 Å². The molecule has 53 heavy (non-hydrogen) atoms. The number of carbonyl (C=O) groups is 2. The molecule has 0 aliphatic rings. The van der Waals surface area contributed by atoms with Crippen LogP contribution in [0, 0.1) is 0 Å². The van der Waals surface area contributed by atoms with Crippen molar-refractivity contribution in [2.75, 3.05) is 15.4 Å². The lowest BCUT2D eigenvalue weighted by Crippen LogP contribution is -2.19. The van der Waals surface area contributed by atoms with Gasteiger partial charge in [0.25, 0.3) is 21.8 Å². The number of aromatic nitrogens is 2. The second kappa shape index (κ2) is 13.5. The number of para-hydroxylation sites is 3. The third-order valence-electron chi connectivity index (χ3n) is 9.59. The highest BCUT2D eigenvalue weighted by atomic mass is 35.5. The minimum atomic E-state index is -4.36. The first-order chi connectivity index (χ1) is 25.7. The fourth-order valence-corrected chi connectivity index (χ4v) is 8.77. The Bertz CT molecular complexity index is 2880. The molecule has 0 radical (unpaired) electrons. The fourth-order valence-electron chi connectivity index (χ4n) is 7.17. The number of anilines is 3. The van der Waals surface area contributed by atoms with Crippen LogP contribution in [0.5, 0.6) is 0 Å². The number of amides is 2. The minimum absolute atomic E-state index is 0.0548. The number of benzene rings is 6. The molecule has 3 N–H and O–H groups in total. The first-order valence-corrected chi connectivity index (χ1v) is 19.1. The van der Waals surface area contributed by atoms with Crippen molar-refractivity contribution in [3.63, 3.8) is 0 Å². The molecule has 0 aliphatic heterocycles. The van der Waals surface area contributed by atoms with Crippen molar-refractivity contribution >= 4 is 94.1 Å². The van der Waals surface area contributed by atoms with Crippen molar-refractivity contribution in [1.29, 1.82) is 0 Å². The van der Waals surface area contributed by atoms with Crippen molar-refractivity contribution in [2.45, 2.75) is 31.8 Å². The summed E-state index contributed by atoms with van der Waals surface area (Å²) in [5.74, 6) is -1.00. The monoisotopic (exact) mass is 739 g/mol. The van der Waals surface area contributed by atoms with Crippen LogP contribution >= 0.6 is 11.6 Å². The molecular weight excluding hydrogens is 706 g/mol. The van der Waals surface area contributed by atoms with E-state index >= 15 is 0 Å². The van der Waals surface area contributed by atoms with Gasteiger partial charge in [-0.25, -0.2) is 8.42 Å². The molecule has 2 heterocycles. The molecule has 0 saturated carbocycles. The fraction of sp³-hybridized carbons (Fsp3) is 0.0952. The summed E-state index contributed by atoms with van der Waals surface area (Å²) >= 11 is 6.43. The number of sulfonamides is 1. The van der Waals surface area contributed by atoms with Crippen molar-refractivity contribution in [3.8, 4) is 0 Å². The molecule has 6 aromatic carbocycles. The van der Waals surface area contributed by atoms with Gasteiger partial charge in [0.05, 0.1) is 16.3 Å². The molecule has 0 spiro atoms. The molecule has 0 saturated heterocycles. The largest absolute Gasteiger partial charge is 0.341 e. The highest BCUT2D eigenvalue weighted by molar-refractivity contribution is 7.92. The number of hydrogen-bond acceptors (Lipinski definition) is 4. The van der Waals surface area contributed by atoms with Crippen LogP contribution in [0.4, 0.5) is 17.1 Å². The molecule has 11 heteroatoms. The third kappa shape index (κ3) is 6.05. The molecule has 8 aromatic rings. The van der Waals surface area contributed by atoms with E-state index in [9.17, 15) is 18.0 Å². The van der Waals surface area contributed by atoms with E-state index in [1.54, 1.807) is 12.1 Å².